The lowest BCUT2D eigenvalue weighted by molar-refractivity contribution is -0.301. The van der Waals surface area contributed by atoms with Gasteiger partial charge >= 0.3 is 23.9 Å². The third kappa shape index (κ3) is 43.8. The first-order valence-corrected chi connectivity index (χ1v) is 30.9. The van der Waals surface area contributed by atoms with Gasteiger partial charge < -0.3 is 39.0 Å². The number of ether oxygens (including phenoxy) is 5. The van der Waals surface area contributed by atoms with Crippen molar-refractivity contribution in [2.75, 3.05) is 13.2 Å². The van der Waals surface area contributed by atoms with Gasteiger partial charge in [-0.05, 0) is 116 Å². The van der Waals surface area contributed by atoms with Crippen LogP contribution in [0.3, 0.4) is 0 Å². The van der Waals surface area contributed by atoms with Crippen molar-refractivity contribution in [1.82, 2.24) is 0 Å². The highest BCUT2D eigenvalue weighted by atomic mass is 16.7. The number of unbranched alkanes of at least 4 members (excludes halogenated alkanes) is 19. The Bertz CT molecular complexity index is 1790. The fourth-order valence-electron chi connectivity index (χ4n) is 8.59. The van der Waals surface area contributed by atoms with E-state index in [4.69, 9.17) is 23.7 Å². The molecule has 12 heteroatoms. The molecule has 1 heterocycles. The van der Waals surface area contributed by atoms with Crippen LogP contribution in [0, 0.1) is 0 Å². The van der Waals surface area contributed by atoms with Gasteiger partial charge in [-0.3, -0.25) is 14.4 Å². The molecule has 448 valence electrons. The Morgan fingerprint density at radius 2 is 0.835 bits per heavy atom. The van der Waals surface area contributed by atoms with Gasteiger partial charge in [0.15, 0.2) is 24.6 Å². The Morgan fingerprint density at radius 1 is 0.430 bits per heavy atom. The predicted octanol–water partition coefficient (Wildman–Crippen LogP) is 16.2. The van der Waals surface area contributed by atoms with E-state index in [-0.39, 0.29) is 25.9 Å². The smallest absolute Gasteiger partial charge is 0.335 e. The number of hydrogen-bond acceptors (Lipinski definition) is 11. The third-order valence-electron chi connectivity index (χ3n) is 13.3. The Balaban J connectivity index is 2.70. The van der Waals surface area contributed by atoms with E-state index in [1.165, 1.54) is 51.4 Å². The summed E-state index contributed by atoms with van der Waals surface area (Å²) in [6.07, 6.45) is 60.6. The number of carboxylic acids is 1. The highest BCUT2D eigenvalue weighted by molar-refractivity contribution is 5.74. The molecule has 12 nitrogen and oxygen atoms in total. The molecule has 3 N–H and O–H groups in total. The summed E-state index contributed by atoms with van der Waals surface area (Å²) in [7, 11) is 0. The molecule has 6 atom stereocenters. The standard InChI is InChI=1S/C67H108O12/c1-4-7-10-13-16-19-22-25-27-29-30-32-34-37-40-43-46-49-52-55-61(70)78-65-63(72)62(71)64(66(73)74)79-67(65)76-57-58(77-60(69)54-51-48-45-42-39-35-24-21-18-15-12-9-6-3)56-75-59(68)53-50-47-44-41-38-36-33-31-28-26-23-20-17-14-11-8-5-2/h8,11-12,15-17,19-21,24-28,33,36,41,44,58,62-65,67,71-72H,4-7,9-10,13-14,18,22-23,29-32,34-35,37-40,42-43,45-57H2,1-3H3,(H,73,74)/b11-8-,15-12-,19-16-,20-17-,24-21-,27-25-,28-26-,36-33-,44-41-. The van der Waals surface area contributed by atoms with Gasteiger partial charge in [-0.15, -0.1) is 0 Å². The molecule has 1 saturated heterocycles. The van der Waals surface area contributed by atoms with Crippen LogP contribution < -0.4 is 0 Å². The third-order valence-corrected chi connectivity index (χ3v) is 13.3. The van der Waals surface area contributed by atoms with Crippen molar-refractivity contribution in [3.63, 3.8) is 0 Å². The van der Waals surface area contributed by atoms with Gasteiger partial charge in [0.25, 0.3) is 0 Å². The average molecular weight is 1110 g/mol. The summed E-state index contributed by atoms with van der Waals surface area (Å²) in [4.78, 5) is 51.2. The Hall–Kier alpha value is -4.62. The van der Waals surface area contributed by atoms with E-state index >= 15 is 0 Å². The number of carbonyl (C=O) groups is 4. The number of rotatable bonds is 51. The zero-order valence-electron chi connectivity index (χ0n) is 49.3. The number of allylic oxidation sites excluding steroid dienone is 18. The van der Waals surface area contributed by atoms with E-state index in [1.54, 1.807) is 0 Å². The minimum absolute atomic E-state index is 0.0435. The number of aliphatic carboxylic acids is 1. The maximum Gasteiger partial charge on any atom is 0.335 e. The summed E-state index contributed by atoms with van der Waals surface area (Å²) in [6.45, 7) is 5.73. The van der Waals surface area contributed by atoms with E-state index < -0.39 is 67.3 Å². The fourth-order valence-corrected chi connectivity index (χ4v) is 8.59. The molecule has 0 bridgehead atoms. The molecule has 1 aliphatic rings. The van der Waals surface area contributed by atoms with Gasteiger partial charge in [0.2, 0.25) is 0 Å². The Kier molecular flexibility index (Phi) is 49.5. The second kappa shape index (κ2) is 54.0. The van der Waals surface area contributed by atoms with Crippen LogP contribution in [0.25, 0.3) is 0 Å². The number of aliphatic hydroxyl groups excluding tert-OH is 2. The lowest BCUT2D eigenvalue weighted by atomic mass is 9.98. The second-order valence-corrected chi connectivity index (χ2v) is 20.6. The van der Waals surface area contributed by atoms with Gasteiger partial charge in [0.1, 0.15) is 18.8 Å². The Morgan fingerprint density at radius 3 is 1.30 bits per heavy atom. The zero-order valence-corrected chi connectivity index (χ0v) is 49.3. The monoisotopic (exact) mass is 1100 g/mol. The van der Waals surface area contributed by atoms with Gasteiger partial charge in [-0.25, -0.2) is 4.79 Å². The molecular weight excluding hydrogens is 997 g/mol. The van der Waals surface area contributed by atoms with Crippen LogP contribution >= 0.6 is 0 Å². The quantitative estimate of drug-likeness (QED) is 0.0228. The summed E-state index contributed by atoms with van der Waals surface area (Å²) in [5.41, 5.74) is 0. The molecule has 0 aromatic rings. The first kappa shape index (κ1) is 72.4. The summed E-state index contributed by atoms with van der Waals surface area (Å²) < 4.78 is 28.4. The highest BCUT2D eigenvalue weighted by Gasteiger charge is 2.50. The summed E-state index contributed by atoms with van der Waals surface area (Å²) >= 11 is 0. The first-order chi connectivity index (χ1) is 38.6. The maximum atomic E-state index is 13.1. The molecule has 79 heavy (non-hydrogen) atoms. The van der Waals surface area contributed by atoms with Crippen molar-refractivity contribution in [1.29, 1.82) is 0 Å². The SMILES string of the molecule is CC/C=C\C/C=C\C/C=C\C/C=C\C/C=C\CCCC(=O)OCC(COC1OC(C(=O)O)C(O)C(O)C1OC(=O)CCCCCCCCCCC/C=C\C/C=C\CCCCC)OC(=O)CCCCCCC/C=C\C/C=C\CCC. The lowest BCUT2D eigenvalue weighted by Gasteiger charge is -2.40. The topological polar surface area (TPSA) is 175 Å². The molecule has 0 spiro atoms. The van der Waals surface area contributed by atoms with E-state index in [1.807, 2.05) is 6.08 Å². The van der Waals surface area contributed by atoms with Crippen LogP contribution in [0.4, 0.5) is 0 Å². The van der Waals surface area contributed by atoms with Crippen LogP contribution in [0.1, 0.15) is 239 Å². The van der Waals surface area contributed by atoms with Crippen LogP contribution in [0.2, 0.25) is 0 Å². The van der Waals surface area contributed by atoms with Crippen molar-refractivity contribution in [3.05, 3.63) is 109 Å². The summed E-state index contributed by atoms with van der Waals surface area (Å²) in [6, 6.07) is 0. The van der Waals surface area contributed by atoms with Crippen LogP contribution in [0.5, 0.6) is 0 Å². The van der Waals surface area contributed by atoms with E-state index in [9.17, 15) is 34.5 Å². The summed E-state index contributed by atoms with van der Waals surface area (Å²) in [5, 5.41) is 31.5. The first-order valence-electron chi connectivity index (χ1n) is 30.9. The van der Waals surface area contributed by atoms with Crippen LogP contribution in [-0.2, 0) is 42.9 Å². The lowest BCUT2D eigenvalue weighted by Crippen LogP contribution is -2.61. The normalized spacial score (nSPS) is 18.6. The zero-order chi connectivity index (χ0) is 57.5. The average Bonchev–Trinajstić information content (AvgIpc) is 3.47. The van der Waals surface area contributed by atoms with E-state index in [2.05, 4.69) is 124 Å². The molecule has 1 fully saturated rings. The number of aliphatic hydroxyl groups is 2. The van der Waals surface area contributed by atoms with Crippen molar-refractivity contribution < 1.29 is 58.2 Å². The molecule has 0 saturated carbocycles. The van der Waals surface area contributed by atoms with Crippen molar-refractivity contribution in [3.8, 4) is 0 Å². The maximum absolute atomic E-state index is 13.1. The van der Waals surface area contributed by atoms with Gasteiger partial charge in [0, 0.05) is 19.3 Å². The Labute approximate surface area is 478 Å². The molecule has 1 rings (SSSR count). The largest absolute Gasteiger partial charge is 0.479 e. The van der Waals surface area contributed by atoms with E-state index in [0.29, 0.717) is 25.7 Å². The number of hydrogen-bond donors (Lipinski definition) is 3. The molecule has 0 aromatic carbocycles. The van der Waals surface area contributed by atoms with Gasteiger partial charge in [-0.2, -0.15) is 0 Å². The van der Waals surface area contributed by atoms with E-state index in [0.717, 1.165) is 122 Å². The molecule has 0 aliphatic carbocycles. The minimum Gasteiger partial charge on any atom is -0.479 e. The van der Waals surface area contributed by atoms with Gasteiger partial charge in [0.05, 0.1) is 6.61 Å². The molecule has 0 amide bonds. The van der Waals surface area contributed by atoms with Crippen molar-refractivity contribution in [2.45, 2.75) is 276 Å². The van der Waals surface area contributed by atoms with Crippen molar-refractivity contribution >= 4 is 23.9 Å². The number of carboxylic acid groups (broad SMARTS) is 1. The molecule has 6 unspecified atom stereocenters. The number of carbonyl (C=O) groups excluding carboxylic acids is 3. The predicted molar refractivity (Wildman–Crippen MR) is 321 cm³/mol. The van der Waals surface area contributed by atoms with Crippen molar-refractivity contribution in [2.24, 2.45) is 0 Å². The molecule has 1 aliphatic heterocycles. The molecule has 0 radical (unpaired) electrons. The summed E-state index contributed by atoms with van der Waals surface area (Å²) in [5.74, 6) is -3.23. The number of esters is 3. The van der Waals surface area contributed by atoms with Crippen LogP contribution in [-0.4, -0.2) is 89.2 Å². The molecular formula is C67H108O12. The highest BCUT2D eigenvalue weighted by Crippen LogP contribution is 2.26. The van der Waals surface area contributed by atoms with Crippen LogP contribution in [0.15, 0.2) is 109 Å². The van der Waals surface area contributed by atoms with Gasteiger partial charge in [-0.1, -0.05) is 214 Å². The second-order valence-electron chi connectivity index (χ2n) is 20.6. The fraction of sp³-hybridized carbons (Fsp3) is 0.672. The molecule has 0 aromatic heterocycles. The minimum atomic E-state index is -1.92.